The summed E-state index contributed by atoms with van der Waals surface area (Å²) in [6, 6.07) is 5.36. The zero-order valence-electron chi connectivity index (χ0n) is 18.1. The molecule has 1 aromatic heterocycles. The minimum absolute atomic E-state index is 0.201. The van der Waals surface area contributed by atoms with Gasteiger partial charge in [-0.05, 0) is 52.8 Å². The normalized spacial score (nSPS) is 17.1. The van der Waals surface area contributed by atoms with Crippen molar-refractivity contribution in [3.63, 3.8) is 0 Å². The summed E-state index contributed by atoms with van der Waals surface area (Å²) in [5.74, 6) is 0.346. The average Bonchev–Trinajstić information content (AvgIpc) is 3.02. The van der Waals surface area contributed by atoms with Crippen LogP contribution in [0.25, 0.3) is 11.0 Å². The number of carbonyl (C=O) groups excluding carboxylic acids is 2. The minimum Gasteiger partial charge on any atom is -0.491 e. The van der Waals surface area contributed by atoms with E-state index in [2.05, 4.69) is 0 Å². The van der Waals surface area contributed by atoms with Crippen molar-refractivity contribution >= 4 is 23.0 Å². The number of rotatable bonds is 5. The lowest BCUT2D eigenvalue weighted by atomic mass is 10.1. The predicted molar refractivity (Wildman–Crippen MR) is 110 cm³/mol. The number of aryl methyl sites for hydroxylation is 1. The quantitative estimate of drug-likeness (QED) is 0.679. The third-order valence-corrected chi connectivity index (χ3v) is 4.59. The van der Waals surface area contributed by atoms with Crippen LogP contribution in [0.5, 0.6) is 5.75 Å². The number of amides is 1. The monoisotopic (exact) mass is 419 g/mol. The summed E-state index contributed by atoms with van der Waals surface area (Å²) in [5, 5.41) is 0.787. The Hall–Kier alpha value is -2.74. The van der Waals surface area contributed by atoms with Gasteiger partial charge in [-0.25, -0.2) is 9.59 Å². The zero-order valence-corrected chi connectivity index (χ0v) is 18.1. The number of benzene rings is 1. The van der Waals surface area contributed by atoms with E-state index in [0.717, 1.165) is 5.39 Å². The highest BCUT2D eigenvalue weighted by Crippen LogP contribution is 2.29. The Balaban J connectivity index is 1.63. The van der Waals surface area contributed by atoms with Gasteiger partial charge in [-0.3, -0.25) is 0 Å². The van der Waals surface area contributed by atoms with Crippen LogP contribution in [0, 0.1) is 6.92 Å². The molecule has 8 nitrogen and oxygen atoms in total. The van der Waals surface area contributed by atoms with Crippen LogP contribution in [0.1, 0.15) is 43.8 Å². The molecule has 1 aliphatic rings. The first-order valence-corrected chi connectivity index (χ1v) is 10.1. The Kier molecular flexibility index (Phi) is 6.55. The van der Waals surface area contributed by atoms with E-state index in [0.29, 0.717) is 36.6 Å². The molecule has 2 heterocycles. The van der Waals surface area contributed by atoms with Gasteiger partial charge in [-0.2, -0.15) is 0 Å². The summed E-state index contributed by atoms with van der Waals surface area (Å²) in [7, 11) is 0. The van der Waals surface area contributed by atoms with E-state index in [1.165, 1.54) is 0 Å². The van der Waals surface area contributed by atoms with E-state index < -0.39 is 11.6 Å². The Morgan fingerprint density at radius 3 is 2.73 bits per heavy atom. The fraction of sp³-hybridized carbons (Fsp3) is 0.545. The molecule has 2 aromatic rings. The second-order valence-electron chi connectivity index (χ2n) is 8.16. The van der Waals surface area contributed by atoms with E-state index in [4.69, 9.17) is 23.4 Å². The third-order valence-electron chi connectivity index (χ3n) is 4.59. The van der Waals surface area contributed by atoms with Crippen LogP contribution in [0.2, 0.25) is 0 Å². The molecule has 0 radical (unpaired) electrons. The van der Waals surface area contributed by atoms with Gasteiger partial charge in [-0.15, -0.1) is 0 Å². The number of morpholine rings is 1. The lowest BCUT2D eigenvalue weighted by Gasteiger charge is -2.34. The van der Waals surface area contributed by atoms with Gasteiger partial charge in [0.25, 0.3) is 0 Å². The van der Waals surface area contributed by atoms with Crippen LogP contribution in [0.3, 0.4) is 0 Å². The minimum atomic E-state index is -0.540. The van der Waals surface area contributed by atoms with Gasteiger partial charge in [0.05, 0.1) is 19.8 Å². The van der Waals surface area contributed by atoms with E-state index in [9.17, 15) is 9.59 Å². The van der Waals surface area contributed by atoms with Crippen molar-refractivity contribution in [2.45, 2.75) is 46.3 Å². The molecule has 164 valence electrons. The predicted octanol–water partition coefficient (Wildman–Crippen LogP) is 3.93. The molecule has 1 saturated heterocycles. The number of carbonyl (C=O) groups is 2. The second-order valence-corrected chi connectivity index (χ2v) is 8.16. The maximum absolute atomic E-state index is 12.3. The molecule has 1 atom stereocenters. The number of ether oxygens (including phenoxy) is 4. The molecule has 0 bridgehead atoms. The van der Waals surface area contributed by atoms with E-state index in [1.807, 2.05) is 33.8 Å². The van der Waals surface area contributed by atoms with Crippen LogP contribution in [0.4, 0.5) is 4.79 Å². The van der Waals surface area contributed by atoms with E-state index >= 15 is 0 Å². The number of fused-ring (bicyclic) bond motifs is 1. The number of hydrogen-bond acceptors (Lipinski definition) is 7. The van der Waals surface area contributed by atoms with Crippen LogP contribution >= 0.6 is 0 Å². The second kappa shape index (κ2) is 8.95. The summed E-state index contributed by atoms with van der Waals surface area (Å²) in [6.07, 6.45) is -0.611. The SMILES string of the molecule is CCOC(=O)c1oc2ccc(OC[C@@H]3CN(C(=O)OC(C)(C)C)CCO3)cc2c1C. The van der Waals surface area contributed by atoms with Crippen LogP contribution in [0.15, 0.2) is 22.6 Å². The van der Waals surface area contributed by atoms with E-state index in [-0.39, 0.29) is 31.2 Å². The van der Waals surface area contributed by atoms with Crippen LogP contribution in [-0.2, 0) is 14.2 Å². The molecule has 1 amide bonds. The van der Waals surface area contributed by atoms with Crippen LogP contribution < -0.4 is 4.74 Å². The lowest BCUT2D eigenvalue weighted by Crippen LogP contribution is -2.49. The highest BCUT2D eigenvalue weighted by Gasteiger charge is 2.28. The molecule has 1 aliphatic heterocycles. The van der Waals surface area contributed by atoms with Gasteiger partial charge in [0, 0.05) is 17.5 Å². The zero-order chi connectivity index (χ0) is 21.9. The molecule has 0 spiro atoms. The first kappa shape index (κ1) is 22.0. The topological polar surface area (TPSA) is 87.4 Å². The molecular formula is C22H29NO7. The maximum atomic E-state index is 12.3. The molecule has 0 N–H and O–H groups in total. The maximum Gasteiger partial charge on any atom is 0.410 e. The van der Waals surface area contributed by atoms with Gasteiger partial charge in [0.1, 0.15) is 29.6 Å². The van der Waals surface area contributed by atoms with Gasteiger partial charge >= 0.3 is 12.1 Å². The highest BCUT2D eigenvalue weighted by molar-refractivity contribution is 5.96. The van der Waals surface area contributed by atoms with E-state index in [1.54, 1.807) is 24.0 Å². The summed E-state index contributed by atoms with van der Waals surface area (Å²) in [5.41, 5.74) is 0.758. The first-order valence-electron chi connectivity index (χ1n) is 10.1. The third kappa shape index (κ3) is 5.24. The van der Waals surface area contributed by atoms with Gasteiger partial charge in [0.2, 0.25) is 5.76 Å². The smallest absolute Gasteiger partial charge is 0.410 e. The molecule has 1 aromatic carbocycles. The van der Waals surface area contributed by atoms with Crippen molar-refractivity contribution in [3.8, 4) is 5.75 Å². The summed E-state index contributed by atoms with van der Waals surface area (Å²) in [4.78, 5) is 25.9. The largest absolute Gasteiger partial charge is 0.491 e. The lowest BCUT2D eigenvalue weighted by molar-refractivity contribution is -0.0557. The molecule has 3 rings (SSSR count). The Morgan fingerprint density at radius 1 is 1.27 bits per heavy atom. The first-order chi connectivity index (χ1) is 14.2. The Bertz CT molecular complexity index is 912. The number of nitrogens with zero attached hydrogens (tertiary/aromatic N) is 1. The summed E-state index contributed by atoms with van der Waals surface area (Å²) in [6.45, 7) is 11.0. The van der Waals surface area contributed by atoms with Crippen molar-refractivity contribution in [2.24, 2.45) is 0 Å². The molecule has 1 fully saturated rings. The molecule has 0 saturated carbocycles. The van der Waals surface area contributed by atoms with Crippen LogP contribution in [-0.4, -0.2) is 61.6 Å². The summed E-state index contributed by atoms with van der Waals surface area (Å²) < 4.78 is 27.7. The van der Waals surface area contributed by atoms with Crippen molar-refractivity contribution < 1.29 is 33.0 Å². The highest BCUT2D eigenvalue weighted by atomic mass is 16.6. The molecular weight excluding hydrogens is 390 g/mol. The summed E-state index contributed by atoms with van der Waals surface area (Å²) >= 11 is 0. The molecule has 0 unspecified atom stereocenters. The van der Waals surface area contributed by atoms with Crippen molar-refractivity contribution in [2.75, 3.05) is 32.9 Å². The Morgan fingerprint density at radius 2 is 2.03 bits per heavy atom. The molecule has 30 heavy (non-hydrogen) atoms. The number of esters is 1. The van der Waals surface area contributed by atoms with Gasteiger partial charge in [-0.1, -0.05) is 0 Å². The Labute approximate surface area is 176 Å². The average molecular weight is 419 g/mol. The molecule has 0 aliphatic carbocycles. The van der Waals surface area contributed by atoms with Gasteiger partial charge < -0.3 is 28.3 Å². The van der Waals surface area contributed by atoms with Gasteiger partial charge in [0.15, 0.2) is 0 Å². The number of furan rings is 1. The fourth-order valence-corrected chi connectivity index (χ4v) is 3.18. The number of hydrogen-bond donors (Lipinski definition) is 0. The van der Waals surface area contributed by atoms with Crippen molar-refractivity contribution in [3.05, 3.63) is 29.5 Å². The standard InChI is InChI=1S/C22H29NO7/c1-6-26-20(24)19-14(2)17-11-15(7-8-18(17)29-19)28-13-16-12-23(9-10-27-16)21(25)30-22(3,4)5/h7-8,11,16H,6,9-10,12-13H2,1-5H3/t16-/m0/s1. The molecule has 8 heteroatoms. The fourth-order valence-electron chi connectivity index (χ4n) is 3.18. The van der Waals surface area contributed by atoms with Crippen molar-refractivity contribution in [1.29, 1.82) is 0 Å². The van der Waals surface area contributed by atoms with Crippen molar-refractivity contribution in [1.82, 2.24) is 4.90 Å².